The van der Waals surface area contributed by atoms with Crippen molar-refractivity contribution in [2.75, 3.05) is 7.05 Å². The van der Waals surface area contributed by atoms with Crippen LogP contribution in [0.3, 0.4) is 0 Å². The molecule has 3 rings (SSSR count). The molecule has 0 saturated carbocycles. The Hall–Kier alpha value is -2.69. The average Bonchev–Trinajstić information content (AvgIpc) is 2.86. The smallest absolute Gasteiger partial charge is 0.315 e. The van der Waals surface area contributed by atoms with E-state index in [2.05, 4.69) is 5.10 Å². The fourth-order valence-electron chi connectivity index (χ4n) is 2.83. The molecule has 0 amide bonds. The fraction of sp³-hybridized carbons (Fsp3) is 0.176. The Kier molecular flexibility index (Phi) is 3.63. The summed E-state index contributed by atoms with van der Waals surface area (Å²) in [6, 6.07) is 14.8. The molecule has 0 aliphatic carbocycles. The van der Waals surface area contributed by atoms with Crippen molar-refractivity contribution in [2.24, 2.45) is 11.0 Å². The SMILES string of the molecule is CN1N=C(c2ccc(F)cc2)C(C(=O)O)C1c1ccccc1. The predicted molar refractivity (Wildman–Crippen MR) is 81.0 cm³/mol. The van der Waals surface area contributed by atoms with Crippen molar-refractivity contribution >= 4 is 11.7 Å². The molecule has 1 N–H and O–H groups in total. The fourth-order valence-corrected chi connectivity index (χ4v) is 2.83. The van der Waals surface area contributed by atoms with Gasteiger partial charge in [-0.2, -0.15) is 5.10 Å². The third kappa shape index (κ3) is 2.45. The molecule has 2 aromatic carbocycles. The summed E-state index contributed by atoms with van der Waals surface area (Å²) in [5, 5.41) is 15.7. The normalized spacial score (nSPS) is 20.8. The number of hydrogen-bond acceptors (Lipinski definition) is 3. The molecule has 22 heavy (non-hydrogen) atoms. The molecule has 0 saturated heterocycles. The first kappa shape index (κ1) is 14.3. The van der Waals surface area contributed by atoms with E-state index in [4.69, 9.17) is 0 Å². The Balaban J connectivity index is 2.03. The van der Waals surface area contributed by atoms with Crippen LogP contribution in [0, 0.1) is 11.7 Å². The third-order valence-corrected chi connectivity index (χ3v) is 3.83. The van der Waals surface area contributed by atoms with Gasteiger partial charge in [0.25, 0.3) is 0 Å². The lowest BCUT2D eigenvalue weighted by molar-refractivity contribution is -0.140. The van der Waals surface area contributed by atoms with Gasteiger partial charge in [0.15, 0.2) is 0 Å². The summed E-state index contributed by atoms with van der Waals surface area (Å²) < 4.78 is 13.1. The van der Waals surface area contributed by atoms with E-state index in [1.165, 1.54) is 12.1 Å². The number of halogens is 1. The Bertz CT molecular complexity index is 713. The van der Waals surface area contributed by atoms with Crippen molar-refractivity contribution in [1.82, 2.24) is 5.01 Å². The highest BCUT2D eigenvalue weighted by Gasteiger charge is 2.42. The van der Waals surface area contributed by atoms with Gasteiger partial charge in [0.1, 0.15) is 11.7 Å². The first-order valence-corrected chi connectivity index (χ1v) is 6.93. The van der Waals surface area contributed by atoms with Crippen LogP contribution in [0.25, 0.3) is 0 Å². The number of carbonyl (C=O) groups is 1. The van der Waals surface area contributed by atoms with Crippen LogP contribution < -0.4 is 0 Å². The zero-order chi connectivity index (χ0) is 15.7. The van der Waals surface area contributed by atoms with Crippen LogP contribution in [-0.2, 0) is 4.79 Å². The quantitative estimate of drug-likeness (QED) is 0.948. The lowest BCUT2D eigenvalue weighted by Gasteiger charge is -2.23. The molecule has 112 valence electrons. The Morgan fingerprint density at radius 1 is 1.14 bits per heavy atom. The minimum Gasteiger partial charge on any atom is -0.481 e. The number of aliphatic carboxylic acids is 1. The van der Waals surface area contributed by atoms with Crippen LogP contribution in [0.4, 0.5) is 4.39 Å². The van der Waals surface area contributed by atoms with Gasteiger partial charge in [0, 0.05) is 7.05 Å². The summed E-state index contributed by atoms with van der Waals surface area (Å²) >= 11 is 0. The summed E-state index contributed by atoms with van der Waals surface area (Å²) in [7, 11) is 1.75. The highest BCUT2D eigenvalue weighted by molar-refractivity contribution is 6.13. The van der Waals surface area contributed by atoms with Crippen molar-refractivity contribution in [1.29, 1.82) is 0 Å². The highest BCUT2D eigenvalue weighted by Crippen LogP contribution is 2.36. The van der Waals surface area contributed by atoms with E-state index in [9.17, 15) is 14.3 Å². The van der Waals surface area contributed by atoms with E-state index in [-0.39, 0.29) is 11.9 Å². The zero-order valence-corrected chi connectivity index (χ0v) is 12.0. The van der Waals surface area contributed by atoms with Gasteiger partial charge in [0.2, 0.25) is 0 Å². The molecule has 1 aliphatic heterocycles. The molecule has 1 heterocycles. The topological polar surface area (TPSA) is 52.9 Å². The molecule has 1 aliphatic rings. The zero-order valence-electron chi connectivity index (χ0n) is 12.0. The van der Waals surface area contributed by atoms with Gasteiger partial charge in [-0.25, -0.2) is 4.39 Å². The van der Waals surface area contributed by atoms with E-state index in [1.54, 1.807) is 24.2 Å². The molecule has 5 heteroatoms. The summed E-state index contributed by atoms with van der Waals surface area (Å²) in [4.78, 5) is 11.8. The summed E-state index contributed by atoms with van der Waals surface area (Å²) in [6.07, 6.45) is 0. The second kappa shape index (κ2) is 5.60. The maximum atomic E-state index is 13.1. The van der Waals surface area contributed by atoms with Crippen molar-refractivity contribution in [3.8, 4) is 0 Å². The standard InChI is InChI=1S/C17H15FN2O2/c1-20-16(12-5-3-2-4-6-12)14(17(21)22)15(19-20)11-7-9-13(18)10-8-11/h2-10,14,16H,1H3,(H,21,22). The molecule has 0 spiro atoms. The van der Waals surface area contributed by atoms with Gasteiger partial charge < -0.3 is 5.11 Å². The average molecular weight is 298 g/mol. The van der Waals surface area contributed by atoms with Crippen LogP contribution in [0.2, 0.25) is 0 Å². The van der Waals surface area contributed by atoms with Gasteiger partial charge in [-0.15, -0.1) is 0 Å². The number of benzene rings is 2. The molecule has 0 bridgehead atoms. The maximum Gasteiger partial charge on any atom is 0.315 e. The van der Waals surface area contributed by atoms with E-state index < -0.39 is 11.9 Å². The number of carboxylic acids is 1. The van der Waals surface area contributed by atoms with Crippen molar-refractivity contribution < 1.29 is 14.3 Å². The summed E-state index contributed by atoms with van der Waals surface area (Å²) in [5.41, 5.74) is 1.96. The largest absolute Gasteiger partial charge is 0.481 e. The van der Waals surface area contributed by atoms with E-state index >= 15 is 0 Å². The molecule has 2 aromatic rings. The predicted octanol–water partition coefficient (Wildman–Crippen LogP) is 2.92. The Morgan fingerprint density at radius 2 is 1.77 bits per heavy atom. The van der Waals surface area contributed by atoms with E-state index in [1.807, 2.05) is 30.3 Å². The lowest BCUT2D eigenvalue weighted by Crippen LogP contribution is -2.30. The van der Waals surface area contributed by atoms with E-state index in [0.29, 0.717) is 11.3 Å². The van der Waals surface area contributed by atoms with Gasteiger partial charge >= 0.3 is 5.97 Å². The first-order valence-electron chi connectivity index (χ1n) is 6.93. The minimum atomic E-state index is -0.943. The van der Waals surface area contributed by atoms with E-state index in [0.717, 1.165) is 5.56 Å². The number of rotatable bonds is 3. The van der Waals surface area contributed by atoms with Crippen molar-refractivity contribution in [2.45, 2.75) is 6.04 Å². The van der Waals surface area contributed by atoms with Crippen molar-refractivity contribution in [3.63, 3.8) is 0 Å². The molecule has 4 nitrogen and oxygen atoms in total. The Labute approximate surface area is 127 Å². The monoisotopic (exact) mass is 298 g/mol. The summed E-state index contributed by atoms with van der Waals surface area (Å²) in [6.45, 7) is 0. The third-order valence-electron chi connectivity index (χ3n) is 3.83. The van der Waals surface area contributed by atoms with Crippen LogP contribution in [0.1, 0.15) is 17.2 Å². The van der Waals surface area contributed by atoms with Crippen molar-refractivity contribution in [3.05, 3.63) is 71.5 Å². The Morgan fingerprint density at radius 3 is 2.36 bits per heavy atom. The summed E-state index contributed by atoms with van der Waals surface area (Å²) in [5.74, 6) is -2.10. The minimum absolute atomic E-state index is 0.359. The molecular formula is C17H15FN2O2. The van der Waals surface area contributed by atoms with Gasteiger partial charge in [0.05, 0.1) is 11.8 Å². The lowest BCUT2D eigenvalue weighted by atomic mass is 9.87. The van der Waals surface area contributed by atoms with Crippen LogP contribution in [0.5, 0.6) is 0 Å². The molecule has 2 atom stereocenters. The molecular weight excluding hydrogens is 283 g/mol. The molecule has 0 fully saturated rings. The second-order valence-corrected chi connectivity index (χ2v) is 5.24. The van der Waals surface area contributed by atoms with Gasteiger partial charge in [-0.1, -0.05) is 42.5 Å². The molecule has 0 radical (unpaired) electrons. The van der Waals surface area contributed by atoms with Crippen LogP contribution in [0.15, 0.2) is 59.7 Å². The van der Waals surface area contributed by atoms with Gasteiger partial charge in [-0.3, -0.25) is 9.80 Å². The number of hydrazone groups is 1. The molecule has 0 aromatic heterocycles. The number of hydrogen-bond donors (Lipinski definition) is 1. The number of nitrogens with zero attached hydrogens (tertiary/aromatic N) is 2. The maximum absolute atomic E-state index is 13.1. The second-order valence-electron chi connectivity index (χ2n) is 5.24. The van der Waals surface area contributed by atoms with Crippen LogP contribution >= 0.6 is 0 Å². The van der Waals surface area contributed by atoms with Gasteiger partial charge in [-0.05, 0) is 23.3 Å². The first-order chi connectivity index (χ1) is 10.6. The number of carboxylic acid groups (broad SMARTS) is 1. The van der Waals surface area contributed by atoms with Crippen LogP contribution in [-0.4, -0.2) is 28.8 Å². The molecule has 2 unspecified atom stereocenters. The highest BCUT2D eigenvalue weighted by atomic mass is 19.1.